The van der Waals surface area contributed by atoms with Crippen LogP contribution >= 0.6 is 0 Å². The van der Waals surface area contributed by atoms with Crippen molar-refractivity contribution in [1.29, 1.82) is 0 Å². The fraction of sp³-hybridized carbons (Fsp3) is 0.222. The van der Waals surface area contributed by atoms with E-state index in [2.05, 4.69) is 23.2 Å². The maximum atomic E-state index is 12.3. The van der Waals surface area contributed by atoms with Crippen molar-refractivity contribution in [3.8, 4) is 0 Å². The predicted octanol–water partition coefficient (Wildman–Crippen LogP) is 3.03. The molecule has 1 aromatic heterocycles. The highest BCUT2D eigenvalue weighted by Gasteiger charge is 2.27. The maximum absolute atomic E-state index is 12.3. The van der Waals surface area contributed by atoms with Crippen molar-refractivity contribution in [2.45, 2.75) is 6.54 Å². The molecule has 22 heavy (non-hydrogen) atoms. The van der Waals surface area contributed by atoms with Crippen molar-refractivity contribution in [3.63, 3.8) is 0 Å². The van der Waals surface area contributed by atoms with Gasteiger partial charge in [-0.05, 0) is 17.2 Å². The highest BCUT2D eigenvalue weighted by molar-refractivity contribution is 5.76. The van der Waals surface area contributed by atoms with Crippen LogP contribution in [0.1, 0.15) is 11.1 Å². The zero-order valence-corrected chi connectivity index (χ0v) is 12.4. The summed E-state index contributed by atoms with van der Waals surface area (Å²) in [5.41, 5.74) is 2.22. The minimum atomic E-state index is 0.0987. The zero-order chi connectivity index (χ0) is 15.2. The predicted molar refractivity (Wildman–Crippen MR) is 87.1 cm³/mol. The molecule has 4 nitrogen and oxygen atoms in total. The van der Waals surface area contributed by atoms with Gasteiger partial charge in [-0.15, -0.1) is 0 Å². The Labute approximate surface area is 130 Å². The third-order valence-electron chi connectivity index (χ3n) is 3.71. The molecule has 0 radical (unpaired) electrons. The largest absolute Gasteiger partial charge is 0.320 e. The van der Waals surface area contributed by atoms with Crippen LogP contribution in [0.2, 0.25) is 0 Å². The van der Waals surface area contributed by atoms with E-state index in [-0.39, 0.29) is 6.03 Å². The molecule has 1 aliphatic rings. The van der Waals surface area contributed by atoms with Gasteiger partial charge >= 0.3 is 6.03 Å². The van der Waals surface area contributed by atoms with Gasteiger partial charge in [0.05, 0.1) is 0 Å². The monoisotopic (exact) mass is 293 g/mol. The van der Waals surface area contributed by atoms with Crippen LogP contribution in [0, 0.1) is 0 Å². The Balaban J connectivity index is 1.54. The first kappa shape index (κ1) is 14.3. The number of hydrogen-bond acceptors (Lipinski definition) is 2. The minimum Gasteiger partial charge on any atom is -0.319 e. The van der Waals surface area contributed by atoms with Crippen LogP contribution < -0.4 is 0 Å². The van der Waals surface area contributed by atoms with Crippen molar-refractivity contribution >= 4 is 12.1 Å². The van der Waals surface area contributed by atoms with Crippen LogP contribution in [0.25, 0.3) is 6.08 Å². The summed E-state index contributed by atoms with van der Waals surface area (Å²) in [5.74, 6) is 0. The third-order valence-corrected chi connectivity index (χ3v) is 3.71. The van der Waals surface area contributed by atoms with Crippen LogP contribution in [0.15, 0.2) is 60.9 Å². The van der Waals surface area contributed by atoms with E-state index in [9.17, 15) is 4.79 Å². The second kappa shape index (κ2) is 6.89. The molecule has 2 amide bonds. The summed E-state index contributed by atoms with van der Waals surface area (Å²) in [5, 5.41) is 0. The van der Waals surface area contributed by atoms with Crippen LogP contribution in [0.4, 0.5) is 4.79 Å². The molecule has 0 atom stereocenters. The summed E-state index contributed by atoms with van der Waals surface area (Å²) >= 11 is 0. The number of pyridine rings is 1. The second-order valence-electron chi connectivity index (χ2n) is 5.32. The molecule has 0 unspecified atom stereocenters. The molecular formula is C18H19N3O. The Morgan fingerprint density at radius 2 is 1.86 bits per heavy atom. The Kier molecular flexibility index (Phi) is 4.49. The molecule has 0 spiro atoms. The summed E-state index contributed by atoms with van der Waals surface area (Å²) in [7, 11) is 0. The average molecular weight is 293 g/mol. The number of hydrogen-bond donors (Lipinski definition) is 0. The number of urea groups is 1. The highest BCUT2D eigenvalue weighted by atomic mass is 16.2. The second-order valence-corrected chi connectivity index (χ2v) is 5.32. The first-order valence-corrected chi connectivity index (χ1v) is 7.47. The molecule has 0 N–H and O–H groups in total. The van der Waals surface area contributed by atoms with E-state index >= 15 is 0 Å². The van der Waals surface area contributed by atoms with Crippen LogP contribution in [-0.2, 0) is 6.54 Å². The lowest BCUT2D eigenvalue weighted by Gasteiger charge is -2.17. The number of carbonyl (C=O) groups is 1. The SMILES string of the molecule is O=C1N(CC=Cc2ccccc2)CCN1Cc1cccnc1. The zero-order valence-electron chi connectivity index (χ0n) is 12.4. The fourth-order valence-corrected chi connectivity index (χ4v) is 2.54. The normalized spacial score (nSPS) is 15.0. The van der Waals surface area contributed by atoms with Gasteiger partial charge in [-0.1, -0.05) is 48.6 Å². The van der Waals surface area contributed by atoms with E-state index in [1.807, 2.05) is 52.4 Å². The Morgan fingerprint density at radius 3 is 2.64 bits per heavy atom. The maximum Gasteiger partial charge on any atom is 0.320 e. The minimum absolute atomic E-state index is 0.0987. The van der Waals surface area contributed by atoms with Crippen LogP contribution in [-0.4, -0.2) is 40.4 Å². The number of benzene rings is 1. The Bertz CT molecular complexity index is 640. The molecular weight excluding hydrogens is 274 g/mol. The molecule has 2 aromatic rings. The molecule has 0 bridgehead atoms. The lowest BCUT2D eigenvalue weighted by Crippen LogP contribution is -2.31. The quantitative estimate of drug-likeness (QED) is 0.849. The molecule has 1 aromatic carbocycles. The van der Waals surface area contributed by atoms with E-state index in [0.29, 0.717) is 13.1 Å². The molecule has 0 saturated carbocycles. The van der Waals surface area contributed by atoms with E-state index in [4.69, 9.17) is 0 Å². The Hall–Kier alpha value is -2.62. The lowest BCUT2D eigenvalue weighted by molar-refractivity contribution is 0.193. The van der Waals surface area contributed by atoms with Gasteiger partial charge in [0.15, 0.2) is 0 Å². The summed E-state index contributed by atoms with van der Waals surface area (Å²) in [6, 6.07) is 14.1. The van der Waals surface area contributed by atoms with Crippen molar-refractivity contribution in [1.82, 2.24) is 14.8 Å². The van der Waals surface area contributed by atoms with Crippen molar-refractivity contribution in [3.05, 3.63) is 72.1 Å². The summed E-state index contributed by atoms with van der Waals surface area (Å²) in [6.07, 6.45) is 7.65. The van der Waals surface area contributed by atoms with Crippen molar-refractivity contribution in [2.24, 2.45) is 0 Å². The fourth-order valence-electron chi connectivity index (χ4n) is 2.54. The molecule has 0 aliphatic carbocycles. The molecule has 2 heterocycles. The molecule has 1 fully saturated rings. The standard InChI is InChI=1S/C18H19N3O/c22-18-20(11-5-9-16-6-2-1-3-7-16)12-13-21(18)15-17-8-4-10-19-14-17/h1-10,14H,11-13,15H2. The van der Waals surface area contributed by atoms with Crippen molar-refractivity contribution < 1.29 is 4.79 Å². The summed E-state index contributed by atoms with van der Waals surface area (Å²) in [6.45, 7) is 2.83. The van der Waals surface area contributed by atoms with Gasteiger partial charge in [-0.2, -0.15) is 0 Å². The first-order valence-electron chi connectivity index (χ1n) is 7.47. The summed E-state index contributed by atoms with van der Waals surface area (Å²) < 4.78 is 0. The number of aromatic nitrogens is 1. The first-order chi connectivity index (χ1) is 10.8. The van der Waals surface area contributed by atoms with Gasteiger partial charge in [0.2, 0.25) is 0 Å². The molecule has 112 valence electrons. The molecule has 1 saturated heterocycles. The van der Waals surface area contributed by atoms with Crippen LogP contribution in [0.5, 0.6) is 0 Å². The van der Waals surface area contributed by atoms with E-state index in [1.54, 1.807) is 6.20 Å². The van der Waals surface area contributed by atoms with Gasteiger partial charge in [0.1, 0.15) is 0 Å². The lowest BCUT2D eigenvalue weighted by atomic mass is 10.2. The van der Waals surface area contributed by atoms with Crippen LogP contribution in [0.3, 0.4) is 0 Å². The number of amides is 2. The number of rotatable bonds is 5. The number of nitrogens with zero attached hydrogens (tertiary/aromatic N) is 3. The third kappa shape index (κ3) is 3.52. The van der Waals surface area contributed by atoms with Crippen molar-refractivity contribution in [2.75, 3.05) is 19.6 Å². The Morgan fingerprint density at radius 1 is 1.05 bits per heavy atom. The van der Waals surface area contributed by atoms with E-state index in [0.717, 1.165) is 24.2 Å². The van der Waals surface area contributed by atoms with Gasteiger partial charge < -0.3 is 9.80 Å². The van der Waals surface area contributed by atoms with Gasteiger partial charge in [-0.3, -0.25) is 4.98 Å². The molecule has 4 heteroatoms. The number of carbonyl (C=O) groups excluding carboxylic acids is 1. The topological polar surface area (TPSA) is 36.4 Å². The molecule has 1 aliphatic heterocycles. The highest BCUT2D eigenvalue weighted by Crippen LogP contribution is 2.13. The molecule has 3 rings (SSSR count). The van der Waals surface area contributed by atoms with Gasteiger partial charge in [0.25, 0.3) is 0 Å². The summed E-state index contributed by atoms with van der Waals surface area (Å²) in [4.78, 5) is 20.2. The van der Waals surface area contributed by atoms with E-state index < -0.39 is 0 Å². The average Bonchev–Trinajstić information content (AvgIpc) is 2.90. The van der Waals surface area contributed by atoms with E-state index in [1.165, 1.54) is 0 Å². The van der Waals surface area contributed by atoms with Gasteiger partial charge in [0, 0.05) is 38.6 Å². The smallest absolute Gasteiger partial charge is 0.319 e. The van der Waals surface area contributed by atoms with Gasteiger partial charge in [-0.25, -0.2) is 4.79 Å².